The lowest BCUT2D eigenvalue weighted by Crippen LogP contribution is -2.53. The van der Waals surface area contributed by atoms with Crippen molar-refractivity contribution >= 4 is 23.5 Å². The highest BCUT2D eigenvalue weighted by Gasteiger charge is 2.35. The highest BCUT2D eigenvalue weighted by Crippen LogP contribution is 2.21. The van der Waals surface area contributed by atoms with E-state index in [1.807, 2.05) is 6.07 Å². The first-order chi connectivity index (χ1) is 10.8. The second-order valence-electron chi connectivity index (χ2n) is 5.36. The monoisotopic (exact) mass is 335 g/mol. The molecule has 0 heterocycles. The van der Waals surface area contributed by atoms with Crippen LogP contribution in [0.2, 0.25) is 5.02 Å². The average molecular weight is 336 g/mol. The summed E-state index contributed by atoms with van der Waals surface area (Å²) < 4.78 is 13.4. The molecule has 0 bridgehead atoms. The third-order valence-electron chi connectivity index (χ3n) is 3.46. The molecule has 1 atom stereocenters. The molecule has 0 fully saturated rings. The topological polar surface area (TPSA) is 66.4 Å². The largest absolute Gasteiger partial charge is 0.480 e. The molecule has 0 unspecified atom stereocenters. The van der Waals surface area contributed by atoms with E-state index in [4.69, 9.17) is 11.6 Å². The number of carbonyl (C=O) groups excluding carboxylic acids is 1. The maximum atomic E-state index is 13.4. The third-order valence-corrected chi connectivity index (χ3v) is 3.84. The number of benzene rings is 2. The summed E-state index contributed by atoms with van der Waals surface area (Å²) in [6.07, 6.45) is 0.0852. The van der Waals surface area contributed by atoms with Crippen LogP contribution in [0.5, 0.6) is 0 Å². The van der Waals surface area contributed by atoms with Gasteiger partial charge < -0.3 is 10.4 Å². The number of rotatable bonds is 5. The molecular weight excluding hydrogens is 321 g/mol. The van der Waals surface area contributed by atoms with Crippen molar-refractivity contribution in [3.63, 3.8) is 0 Å². The molecule has 0 spiro atoms. The molecule has 0 aromatic heterocycles. The number of aliphatic carboxylic acids is 1. The Morgan fingerprint density at radius 1 is 1.17 bits per heavy atom. The van der Waals surface area contributed by atoms with Crippen molar-refractivity contribution in [3.05, 3.63) is 70.5 Å². The van der Waals surface area contributed by atoms with Crippen LogP contribution in [0.4, 0.5) is 4.39 Å². The maximum absolute atomic E-state index is 13.4. The van der Waals surface area contributed by atoms with Gasteiger partial charge in [0.2, 0.25) is 0 Å². The van der Waals surface area contributed by atoms with Crippen LogP contribution in [0, 0.1) is 5.82 Å². The van der Waals surface area contributed by atoms with Gasteiger partial charge in [0.05, 0.1) is 10.6 Å². The zero-order valence-corrected chi connectivity index (χ0v) is 13.1. The van der Waals surface area contributed by atoms with Crippen LogP contribution in [-0.4, -0.2) is 22.5 Å². The summed E-state index contributed by atoms with van der Waals surface area (Å²) in [5.41, 5.74) is -0.899. The number of hydrogen-bond donors (Lipinski definition) is 2. The van der Waals surface area contributed by atoms with Crippen molar-refractivity contribution in [2.45, 2.75) is 18.9 Å². The standard InChI is InChI=1S/C17H15ClFNO3/c1-17(16(22)23,10-11-6-3-2-4-7-11)20-15(21)12-8-5-9-13(19)14(12)18/h2-9H,10H2,1H3,(H,20,21)(H,22,23)/t17-/m1/s1. The van der Waals surface area contributed by atoms with Crippen LogP contribution in [0.3, 0.4) is 0 Å². The summed E-state index contributed by atoms with van der Waals surface area (Å²) in [6.45, 7) is 1.40. The molecule has 0 saturated heterocycles. The van der Waals surface area contributed by atoms with Crippen molar-refractivity contribution in [2.75, 3.05) is 0 Å². The first kappa shape index (κ1) is 17.0. The Labute approximate surface area is 137 Å². The van der Waals surface area contributed by atoms with Crippen molar-refractivity contribution in [3.8, 4) is 0 Å². The Hall–Kier alpha value is -2.40. The summed E-state index contributed by atoms with van der Waals surface area (Å²) in [5, 5.41) is 11.6. The number of amides is 1. The molecule has 120 valence electrons. The molecule has 2 rings (SSSR count). The lowest BCUT2D eigenvalue weighted by Gasteiger charge is -2.26. The molecule has 2 N–H and O–H groups in total. The van der Waals surface area contributed by atoms with Crippen LogP contribution >= 0.6 is 11.6 Å². The van der Waals surface area contributed by atoms with E-state index < -0.39 is 23.2 Å². The van der Waals surface area contributed by atoms with Gasteiger partial charge in [-0.25, -0.2) is 9.18 Å². The molecule has 0 saturated carbocycles. The molecule has 0 radical (unpaired) electrons. The first-order valence-electron chi connectivity index (χ1n) is 6.87. The predicted octanol–water partition coefficient (Wildman–Crippen LogP) is 3.29. The molecule has 6 heteroatoms. The minimum absolute atomic E-state index is 0.0852. The van der Waals surface area contributed by atoms with Gasteiger partial charge in [0.15, 0.2) is 0 Å². The van der Waals surface area contributed by atoms with Gasteiger partial charge in [-0.3, -0.25) is 4.79 Å². The fourth-order valence-corrected chi connectivity index (χ4v) is 2.39. The number of carboxylic acids is 1. The summed E-state index contributed by atoms with van der Waals surface area (Å²) >= 11 is 5.77. The Morgan fingerprint density at radius 2 is 1.83 bits per heavy atom. The smallest absolute Gasteiger partial charge is 0.329 e. The Kier molecular flexibility index (Phi) is 5.01. The Bertz CT molecular complexity index is 736. The average Bonchev–Trinajstić information content (AvgIpc) is 2.50. The van der Waals surface area contributed by atoms with Crippen LogP contribution in [0.25, 0.3) is 0 Å². The lowest BCUT2D eigenvalue weighted by molar-refractivity contribution is -0.143. The molecular formula is C17H15ClFNO3. The zero-order valence-electron chi connectivity index (χ0n) is 12.3. The van der Waals surface area contributed by atoms with Gasteiger partial charge in [0.1, 0.15) is 11.4 Å². The van der Waals surface area contributed by atoms with Crippen LogP contribution in [0.15, 0.2) is 48.5 Å². The number of carbonyl (C=O) groups is 2. The van der Waals surface area contributed by atoms with Gasteiger partial charge in [0.25, 0.3) is 5.91 Å². The molecule has 0 aliphatic carbocycles. The van der Waals surface area contributed by atoms with E-state index in [0.717, 1.165) is 11.6 Å². The minimum Gasteiger partial charge on any atom is -0.480 e. The van der Waals surface area contributed by atoms with E-state index in [-0.39, 0.29) is 17.0 Å². The summed E-state index contributed by atoms with van der Waals surface area (Å²) in [6, 6.07) is 12.7. The molecule has 0 aliphatic rings. The quantitative estimate of drug-likeness (QED) is 0.881. The van der Waals surface area contributed by atoms with E-state index in [2.05, 4.69) is 5.32 Å². The molecule has 1 amide bonds. The Balaban J connectivity index is 2.27. The second-order valence-corrected chi connectivity index (χ2v) is 5.73. The molecule has 2 aromatic rings. The third kappa shape index (κ3) is 3.87. The molecule has 4 nitrogen and oxygen atoms in total. The van der Waals surface area contributed by atoms with Crippen molar-refractivity contribution in [1.29, 1.82) is 0 Å². The fourth-order valence-electron chi connectivity index (χ4n) is 2.17. The van der Waals surface area contributed by atoms with Gasteiger partial charge in [-0.2, -0.15) is 0 Å². The number of carboxylic acid groups (broad SMARTS) is 1. The molecule has 2 aromatic carbocycles. The normalized spacial score (nSPS) is 13.2. The Morgan fingerprint density at radius 3 is 2.43 bits per heavy atom. The first-order valence-corrected chi connectivity index (χ1v) is 7.25. The number of hydrogen-bond acceptors (Lipinski definition) is 2. The van der Waals surface area contributed by atoms with E-state index in [9.17, 15) is 19.1 Å². The van der Waals surface area contributed by atoms with E-state index in [1.54, 1.807) is 24.3 Å². The number of halogens is 2. The van der Waals surface area contributed by atoms with E-state index >= 15 is 0 Å². The van der Waals surface area contributed by atoms with Gasteiger partial charge in [-0.1, -0.05) is 48.0 Å². The highest BCUT2D eigenvalue weighted by molar-refractivity contribution is 6.34. The molecule has 0 aliphatic heterocycles. The zero-order chi connectivity index (χ0) is 17.0. The van der Waals surface area contributed by atoms with Crippen molar-refractivity contribution in [1.82, 2.24) is 5.32 Å². The SMILES string of the molecule is C[C@](Cc1ccccc1)(NC(=O)c1cccc(F)c1Cl)C(=O)O. The van der Waals surface area contributed by atoms with E-state index in [0.29, 0.717) is 0 Å². The maximum Gasteiger partial charge on any atom is 0.329 e. The fraction of sp³-hybridized carbons (Fsp3) is 0.176. The predicted molar refractivity (Wildman–Crippen MR) is 85.1 cm³/mol. The van der Waals surface area contributed by atoms with Gasteiger partial charge in [0, 0.05) is 6.42 Å². The number of nitrogens with one attached hydrogen (secondary N) is 1. The van der Waals surface area contributed by atoms with Gasteiger partial charge >= 0.3 is 5.97 Å². The minimum atomic E-state index is -1.55. The summed E-state index contributed by atoms with van der Waals surface area (Å²) in [7, 11) is 0. The highest BCUT2D eigenvalue weighted by atomic mass is 35.5. The second kappa shape index (κ2) is 6.79. The summed E-state index contributed by atoms with van der Waals surface area (Å²) in [4.78, 5) is 23.9. The van der Waals surface area contributed by atoms with Crippen molar-refractivity contribution in [2.24, 2.45) is 0 Å². The van der Waals surface area contributed by atoms with Crippen LogP contribution in [-0.2, 0) is 11.2 Å². The van der Waals surface area contributed by atoms with E-state index in [1.165, 1.54) is 19.1 Å². The summed E-state index contributed by atoms with van der Waals surface area (Å²) in [5.74, 6) is -2.67. The lowest BCUT2D eigenvalue weighted by atomic mass is 9.92. The van der Waals surface area contributed by atoms with Gasteiger partial charge in [-0.15, -0.1) is 0 Å². The molecule has 23 heavy (non-hydrogen) atoms. The van der Waals surface area contributed by atoms with Crippen LogP contribution < -0.4 is 5.32 Å². The van der Waals surface area contributed by atoms with Gasteiger partial charge in [-0.05, 0) is 24.6 Å². The van der Waals surface area contributed by atoms with Crippen LogP contribution in [0.1, 0.15) is 22.8 Å². The van der Waals surface area contributed by atoms with Crippen molar-refractivity contribution < 1.29 is 19.1 Å².